The minimum Gasteiger partial charge on any atom is -0.462 e. The van der Waals surface area contributed by atoms with Crippen LogP contribution in [0.25, 0.3) is 0 Å². The molecule has 2 atom stereocenters. The van der Waals surface area contributed by atoms with Crippen LogP contribution in [0.4, 0.5) is 0 Å². The number of carbonyl (C=O) groups is 2. The van der Waals surface area contributed by atoms with Gasteiger partial charge in [-0.25, -0.2) is 0 Å². The Morgan fingerprint density at radius 3 is 1.63 bits per heavy atom. The highest BCUT2D eigenvalue weighted by atomic mass is 16.6. The number of ether oxygens (including phenoxy) is 2. The highest BCUT2D eigenvalue weighted by Gasteiger charge is 2.16. The van der Waals surface area contributed by atoms with E-state index in [4.69, 9.17) is 9.47 Å². The second-order valence-corrected chi connectivity index (χ2v) is 13.7. The quantitative estimate of drug-likeness (QED) is 0.0303. The van der Waals surface area contributed by atoms with E-state index in [1.165, 1.54) is 77.0 Å². The summed E-state index contributed by atoms with van der Waals surface area (Å²) < 4.78 is 10.6. The lowest BCUT2D eigenvalue weighted by Crippen LogP contribution is -2.28. The summed E-state index contributed by atoms with van der Waals surface area (Å²) in [5, 5.41) is 19.0. The molecule has 0 saturated heterocycles. The van der Waals surface area contributed by atoms with E-state index in [1.807, 2.05) is 19.1 Å². The summed E-state index contributed by atoms with van der Waals surface area (Å²) in [6, 6.07) is 0. The van der Waals surface area contributed by atoms with Crippen LogP contribution in [0.3, 0.4) is 0 Å². The van der Waals surface area contributed by atoms with Gasteiger partial charge in [-0.15, -0.1) is 0 Å². The van der Waals surface area contributed by atoms with Gasteiger partial charge in [-0.3, -0.25) is 9.59 Å². The van der Waals surface area contributed by atoms with Gasteiger partial charge in [0.15, 0.2) is 6.10 Å². The van der Waals surface area contributed by atoms with Crippen molar-refractivity contribution < 1.29 is 29.3 Å². The third kappa shape index (κ3) is 36.7. The lowest BCUT2D eigenvalue weighted by molar-refractivity contribution is -0.161. The van der Waals surface area contributed by atoms with Crippen molar-refractivity contribution in [2.75, 3.05) is 13.2 Å². The molecule has 0 aliphatic rings. The number of hydrogen-bond acceptors (Lipinski definition) is 6. The average Bonchev–Trinajstić information content (AvgIpc) is 3.09. The van der Waals surface area contributed by atoms with Gasteiger partial charge in [0, 0.05) is 12.8 Å². The van der Waals surface area contributed by atoms with Gasteiger partial charge in [-0.2, -0.15) is 0 Å². The van der Waals surface area contributed by atoms with Gasteiger partial charge in [-0.05, 0) is 50.9 Å². The summed E-state index contributed by atoms with van der Waals surface area (Å²) in [6.07, 6.45) is 43.8. The first-order chi connectivity index (χ1) is 23.9. The molecular formula is C43H74O6. The Kier molecular flexibility index (Phi) is 35.0. The van der Waals surface area contributed by atoms with Crippen LogP contribution < -0.4 is 0 Å². The molecule has 0 spiro atoms. The van der Waals surface area contributed by atoms with Crippen molar-refractivity contribution in [3.63, 3.8) is 0 Å². The number of hydrogen-bond donors (Lipinski definition) is 2. The van der Waals surface area contributed by atoms with Crippen molar-refractivity contribution in [2.24, 2.45) is 5.92 Å². The zero-order chi connectivity index (χ0) is 36.0. The van der Waals surface area contributed by atoms with Gasteiger partial charge < -0.3 is 19.7 Å². The van der Waals surface area contributed by atoms with Gasteiger partial charge in [0.05, 0.1) is 12.7 Å². The van der Waals surface area contributed by atoms with Crippen LogP contribution in [0, 0.1) is 5.92 Å². The van der Waals surface area contributed by atoms with Gasteiger partial charge >= 0.3 is 11.9 Å². The molecule has 2 N–H and O–H groups in total. The first-order valence-corrected chi connectivity index (χ1v) is 19.8. The van der Waals surface area contributed by atoms with Crippen LogP contribution in [-0.4, -0.2) is 47.6 Å². The van der Waals surface area contributed by atoms with E-state index >= 15 is 0 Å². The molecule has 0 radical (unpaired) electrons. The molecule has 0 heterocycles. The summed E-state index contributed by atoms with van der Waals surface area (Å²) in [5.41, 5.74) is 0. The molecule has 0 aromatic heterocycles. The smallest absolute Gasteiger partial charge is 0.306 e. The molecule has 0 aromatic rings. The molecule has 6 nitrogen and oxygen atoms in total. The summed E-state index contributed by atoms with van der Waals surface area (Å²) in [7, 11) is 0. The van der Waals surface area contributed by atoms with Crippen LogP contribution >= 0.6 is 0 Å². The van der Waals surface area contributed by atoms with Crippen LogP contribution in [0.1, 0.15) is 168 Å². The zero-order valence-corrected chi connectivity index (χ0v) is 31.7. The predicted octanol–water partition coefficient (Wildman–Crippen LogP) is 11.2. The lowest BCUT2D eigenvalue weighted by Gasteiger charge is -2.15. The van der Waals surface area contributed by atoms with Crippen molar-refractivity contribution in [3.8, 4) is 0 Å². The van der Waals surface area contributed by atoms with E-state index in [9.17, 15) is 19.8 Å². The molecule has 0 unspecified atom stereocenters. The maximum Gasteiger partial charge on any atom is 0.306 e. The molecule has 0 bridgehead atoms. The average molecular weight is 687 g/mol. The fourth-order valence-corrected chi connectivity index (χ4v) is 5.25. The van der Waals surface area contributed by atoms with E-state index in [1.54, 1.807) is 6.08 Å². The number of unbranched alkanes of at least 4 members (excludes halogenated alkanes) is 14. The van der Waals surface area contributed by atoms with E-state index in [0.29, 0.717) is 19.3 Å². The zero-order valence-electron chi connectivity index (χ0n) is 31.7. The Labute approximate surface area is 301 Å². The van der Waals surface area contributed by atoms with Crippen LogP contribution in [-0.2, 0) is 19.1 Å². The minimum absolute atomic E-state index is 0.106. The van der Waals surface area contributed by atoms with Crippen molar-refractivity contribution in [1.29, 1.82) is 0 Å². The first kappa shape index (κ1) is 46.6. The number of esters is 2. The topological polar surface area (TPSA) is 93.1 Å². The van der Waals surface area contributed by atoms with Gasteiger partial charge in [-0.1, -0.05) is 171 Å². The second-order valence-electron chi connectivity index (χ2n) is 13.7. The fraction of sp³-hybridized carbons (Fsp3) is 0.721. The highest BCUT2D eigenvalue weighted by molar-refractivity contribution is 5.70. The molecule has 0 aliphatic carbocycles. The van der Waals surface area contributed by atoms with Crippen molar-refractivity contribution in [3.05, 3.63) is 60.8 Å². The number of carbonyl (C=O) groups excluding carboxylic acids is 2. The van der Waals surface area contributed by atoms with E-state index in [2.05, 4.69) is 56.4 Å². The summed E-state index contributed by atoms with van der Waals surface area (Å²) >= 11 is 0. The van der Waals surface area contributed by atoms with E-state index in [0.717, 1.165) is 57.3 Å². The molecular weight excluding hydrogens is 612 g/mol. The fourth-order valence-electron chi connectivity index (χ4n) is 5.25. The largest absolute Gasteiger partial charge is 0.462 e. The monoisotopic (exact) mass is 687 g/mol. The SMILES string of the molecule is CC[C@H](O)/C=C/C=C\C/C=C\C/C=C\C/C=C\CCCC(=O)OC[C@H](CO)OC(=O)CCCCCCCCCCCCCCCCC(C)C. The summed E-state index contributed by atoms with van der Waals surface area (Å²) in [6.45, 7) is 6.10. The Balaban J connectivity index is 3.67. The molecule has 0 saturated carbocycles. The number of aliphatic hydroxyl groups excluding tert-OH is 2. The van der Waals surface area contributed by atoms with Gasteiger partial charge in [0.2, 0.25) is 0 Å². The van der Waals surface area contributed by atoms with Gasteiger partial charge in [0.1, 0.15) is 6.61 Å². The predicted molar refractivity (Wildman–Crippen MR) is 206 cm³/mol. The molecule has 0 aliphatic heterocycles. The van der Waals surface area contributed by atoms with E-state index < -0.39 is 6.10 Å². The molecule has 0 amide bonds. The summed E-state index contributed by atoms with van der Waals surface area (Å²) in [4.78, 5) is 24.2. The second kappa shape index (κ2) is 36.8. The number of rotatable bonds is 34. The highest BCUT2D eigenvalue weighted by Crippen LogP contribution is 2.15. The normalized spacial score (nSPS) is 13.6. The molecule has 282 valence electrons. The molecule has 6 heteroatoms. The molecule has 0 fully saturated rings. The van der Waals surface area contributed by atoms with Gasteiger partial charge in [0.25, 0.3) is 0 Å². The number of aliphatic hydroxyl groups is 2. The maximum absolute atomic E-state index is 12.2. The molecule has 0 rings (SSSR count). The van der Waals surface area contributed by atoms with Crippen molar-refractivity contribution >= 4 is 11.9 Å². The first-order valence-electron chi connectivity index (χ1n) is 19.8. The number of allylic oxidation sites excluding steroid dienone is 9. The van der Waals surface area contributed by atoms with Crippen LogP contribution in [0.15, 0.2) is 60.8 Å². The Hall–Kier alpha value is -2.44. The molecule has 49 heavy (non-hydrogen) atoms. The Morgan fingerprint density at radius 1 is 0.612 bits per heavy atom. The van der Waals surface area contributed by atoms with Crippen molar-refractivity contribution in [2.45, 2.75) is 181 Å². The van der Waals surface area contributed by atoms with Crippen LogP contribution in [0.5, 0.6) is 0 Å². The maximum atomic E-state index is 12.2. The minimum atomic E-state index is -0.804. The summed E-state index contributed by atoms with van der Waals surface area (Å²) in [5.74, 6) is 0.164. The standard InChI is InChI=1S/C43H74O6/c1-4-40(45)34-30-26-22-18-14-10-6-8-11-15-19-23-27-31-35-42(46)48-38-41(37-44)49-43(47)36-32-28-24-20-16-12-7-5-9-13-17-21-25-29-33-39(2)3/h8,10-11,14,19,22-23,26,30,34,39-41,44-45H,4-7,9,12-13,15-18,20-21,24-25,27-29,31-33,35-38H2,1-3H3/b11-8-,14-10-,23-19-,26-22-,34-30+/t40-,41-/m0/s1. The van der Waals surface area contributed by atoms with Crippen molar-refractivity contribution in [1.82, 2.24) is 0 Å². The Morgan fingerprint density at radius 2 is 1.10 bits per heavy atom. The third-order valence-corrected chi connectivity index (χ3v) is 8.41. The third-order valence-electron chi connectivity index (χ3n) is 8.41. The molecule has 0 aromatic carbocycles. The Bertz CT molecular complexity index is 900. The lowest BCUT2D eigenvalue weighted by atomic mass is 10.0. The van der Waals surface area contributed by atoms with Crippen LogP contribution in [0.2, 0.25) is 0 Å². The van der Waals surface area contributed by atoms with E-state index in [-0.39, 0.29) is 31.3 Å².